The molecule has 5 N–H and O–H groups in total. The lowest BCUT2D eigenvalue weighted by Crippen LogP contribution is -2.09. The molecule has 0 radical (unpaired) electrons. The standard InChI is InChI=1S/C23H23N5O3S/c1-3-31-21-10-8-15(14-5-4-6-17(11-14)28-32(2,29)30)12-19(21)16-7-9-18-20(13-16)26-23(25)27-22(18)24/h4-13,28H,3H2,1-2H3,(H4,24,25,26,27). The maximum Gasteiger partial charge on any atom is 0.229 e. The van der Waals surface area contributed by atoms with Crippen LogP contribution in [0.15, 0.2) is 60.7 Å². The smallest absolute Gasteiger partial charge is 0.229 e. The average Bonchev–Trinajstić information content (AvgIpc) is 2.72. The van der Waals surface area contributed by atoms with Crippen molar-refractivity contribution in [3.63, 3.8) is 0 Å². The lowest BCUT2D eigenvalue weighted by atomic mass is 9.97. The largest absolute Gasteiger partial charge is 0.493 e. The molecule has 0 atom stereocenters. The Morgan fingerprint density at radius 3 is 2.44 bits per heavy atom. The molecule has 0 spiro atoms. The molecule has 32 heavy (non-hydrogen) atoms. The van der Waals surface area contributed by atoms with Crippen molar-refractivity contribution in [2.75, 3.05) is 29.1 Å². The summed E-state index contributed by atoms with van der Waals surface area (Å²) in [6.45, 7) is 2.43. The van der Waals surface area contributed by atoms with Crippen LogP contribution in [0.3, 0.4) is 0 Å². The Morgan fingerprint density at radius 2 is 1.69 bits per heavy atom. The number of nitrogens with two attached hydrogens (primary N) is 2. The molecule has 1 aromatic heterocycles. The van der Waals surface area contributed by atoms with Crippen molar-refractivity contribution in [2.24, 2.45) is 0 Å². The zero-order valence-electron chi connectivity index (χ0n) is 17.7. The van der Waals surface area contributed by atoms with Crippen LogP contribution in [-0.4, -0.2) is 31.2 Å². The molecule has 0 aliphatic carbocycles. The fourth-order valence-corrected chi connectivity index (χ4v) is 4.09. The van der Waals surface area contributed by atoms with E-state index in [4.69, 9.17) is 16.2 Å². The van der Waals surface area contributed by atoms with Crippen LogP contribution in [0, 0.1) is 0 Å². The number of nitrogen functional groups attached to an aromatic ring is 2. The van der Waals surface area contributed by atoms with Gasteiger partial charge in [-0.3, -0.25) is 4.72 Å². The lowest BCUT2D eigenvalue weighted by molar-refractivity contribution is 0.341. The summed E-state index contributed by atoms with van der Waals surface area (Å²) in [5.41, 5.74) is 16.4. The zero-order valence-corrected chi connectivity index (χ0v) is 18.5. The summed E-state index contributed by atoms with van der Waals surface area (Å²) in [6, 6.07) is 18.7. The van der Waals surface area contributed by atoms with Crippen LogP contribution in [-0.2, 0) is 10.0 Å². The Bertz CT molecular complexity index is 1420. The van der Waals surface area contributed by atoms with E-state index in [1.54, 1.807) is 18.2 Å². The number of rotatable bonds is 6. The van der Waals surface area contributed by atoms with Gasteiger partial charge in [0, 0.05) is 16.6 Å². The van der Waals surface area contributed by atoms with E-state index in [-0.39, 0.29) is 5.95 Å². The minimum absolute atomic E-state index is 0.112. The highest BCUT2D eigenvalue weighted by Crippen LogP contribution is 2.36. The number of hydrogen-bond acceptors (Lipinski definition) is 7. The number of anilines is 3. The van der Waals surface area contributed by atoms with E-state index in [2.05, 4.69) is 14.7 Å². The second kappa shape index (κ2) is 8.35. The Kier molecular flexibility index (Phi) is 5.58. The van der Waals surface area contributed by atoms with Crippen molar-refractivity contribution >= 4 is 38.4 Å². The number of nitrogens with zero attached hydrogens (tertiary/aromatic N) is 2. The summed E-state index contributed by atoms with van der Waals surface area (Å²) in [5, 5.41) is 0.719. The van der Waals surface area contributed by atoms with Crippen molar-refractivity contribution < 1.29 is 13.2 Å². The van der Waals surface area contributed by atoms with Gasteiger partial charge >= 0.3 is 0 Å². The van der Waals surface area contributed by atoms with Gasteiger partial charge in [0.1, 0.15) is 11.6 Å². The monoisotopic (exact) mass is 449 g/mol. The molecule has 0 saturated carbocycles. The number of aromatic nitrogens is 2. The van der Waals surface area contributed by atoms with Crippen LogP contribution in [0.2, 0.25) is 0 Å². The topological polar surface area (TPSA) is 133 Å². The number of nitrogens with one attached hydrogen (secondary N) is 1. The summed E-state index contributed by atoms with van der Waals surface area (Å²) >= 11 is 0. The van der Waals surface area contributed by atoms with E-state index < -0.39 is 10.0 Å². The molecule has 4 aromatic rings. The van der Waals surface area contributed by atoms with Gasteiger partial charge in [0.05, 0.1) is 18.4 Å². The molecule has 4 rings (SSSR count). The number of fused-ring (bicyclic) bond motifs is 1. The van der Waals surface area contributed by atoms with Crippen LogP contribution in [0.5, 0.6) is 5.75 Å². The highest BCUT2D eigenvalue weighted by Gasteiger charge is 2.12. The molecule has 0 aliphatic rings. The first-order valence-corrected chi connectivity index (χ1v) is 11.8. The fourth-order valence-electron chi connectivity index (χ4n) is 3.53. The molecular weight excluding hydrogens is 426 g/mol. The van der Waals surface area contributed by atoms with Crippen LogP contribution in [0.25, 0.3) is 33.2 Å². The Morgan fingerprint density at radius 1 is 0.938 bits per heavy atom. The maximum absolute atomic E-state index is 11.6. The molecule has 3 aromatic carbocycles. The predicted octanol–water partition coefficient (Wildman–Crippen LogP) is 3.90. The van der Waals surface area contributed by atoms with Crippen molar-refractivity contribution in [3.05, 3.63) is 60.7 Å². The third-order valence-electron chi connectivity index (χ3n) is 4.83. The number of ether oxygens (including phenoxy) is 1. The molecular formula is C23H23N5O3S. The normalized spacial score (nSPS) is 11.4. The first-order chi connectivity index (χ1) is 15.2. The quantitative estimate of drug-likeness (QED) is 0.406. The third kappa shape index (κ3) is 4.57. The summed E-state index contributed by atoms with van der Waals surface area (Å²) in [4.78, 5) is 8.31. The van der Waals surface area contributed by atoms with Gasteiger partial charge in [0.2, 0.25) is 16.0 Å². The van der Waals surface area contributed by atoms with Gasteiger partial charge in [0.25, 0.3) is 0 Å². The summed E-state index contributed by atoms with van der Waals surface area (Å²) in [7, 11) is -3.37. The lowest BCUT2D eigenvalue weighted by Gasteiger charge is -2.14. The Labute approximate surface area is 186 Å². The molecule has 8 nitrogen and oxygen atoms in total. The minimum Gasteiger partial charge on any atom is -0.493 e. The van der Waals surface area contributed by atoms with Crippen LogP contribution >= 0.6 is 0 Å². The number of benzene rings is 3. The third-order valence-corrected chi connectivity index (χ3v) is 5.44. The van der Waals surface area contributed by atoms with Crippen LogP contribution in [0.4, 0.5) is 17.5 Å². The van der Waals surface area contributed by atoms with Gasteiger partial charge in [-0.15, -0.1) is 0 Å². The van der Waals surface area contributed by atoms with E-state index in [0.29, 0.717) is 23.6 Å². The zero-order chi connectivity index (χ0) is 22.9. The molecule has 9 heteroatoms. The molecule has 1 heterocycles. The van der Waals surface area contributed by atoms with Gasteiger partial charge in [-0.2, -0.15) is 4.98 Å². The van der Waals surface area contributed by atoms with E-state index in [0.717, 1.165) is 39.6 Å². The van der Waals surface area contributed by atoms with E-state index in [1.165, 1.54) is 0 Å². The van der Waals surface area contributed by atoms with Gasteiger partial charge in [-0.25, -0.2) is 13.4 Å². The highest BCUT2D eigenvalue weighted by molar-refractivity contribution is 7.92. The second-order valence-electron chi connectivity index (χ2n) is 7.30. The molecule has 0 amide bonds. The van der Waals surface area contributed by atoms with Crippen molar-refractivity contribution in [3.8, 4) is 28.0 Å². The molecule has 0 bridgehead atoms. The maximum atomic E-state index is 11.6. The molecule has 164 valence electrons. The van der Waals surface area contributed by atoms with E-state index in [9.17, 15) is 8.42 Å². The number of hydrogen-bond donors (Lipinski definition) is 3. The molecule has 0 aliphatic heterocycles. The highest BCUT2D eigenvalue weighted by atomic mass is 32.2. The molecule has 0 fully saturated rings. The first kappa shape index (κ1) is 21.4. The SMILES string of the molecule is CCOc1ccc(-c2cccc(NS(C)(=O)=O)c2)cc1-c1ccc2c(N)nc(N)nc2c1. The first-order valence-electron chi connectivity index (χ1n) is 9.91. The van der Waals surface area contributed by atoms with Crippen LogP contribution in [0.1, 0.15) is 6.92 Å². The average molecular weight is 450 g/mol. The molecule has 0 unspecified atom stereocenters. The van der Waals surface area contributed by atoms with Gasteiger partial charge in [0.15, 0.2) is 0 Å². The van der Waals surface area contributed by atoms with Crippen molar-refractivity contribution in [2.45, 2.75) is 6.92 Å². The van der Waals surface area contributed by atoms with Gasteiger partial charge in [-0.1, -0.05) is 24.3 Å². The summed E-state index contributed by atoms with van der Waals surface area (Å²) in [5.74, 6) is 1.16. The summed E-state index contributed by atoms with van der Waals surface area (Å²) in [6.07, 6.45) is 1.12. The van der Waals surface area contributed by atoms with Crippen molar-refractivity contribution in [1.29, 1.82) is 0 Å². The van der Waals surface area contributed by atoms with Crippen LogP contribution < -0.4 is 20.9 Å². The molecule has 0 saturated heterocycles. The Balaban J connectivity index is 1.83. The van der Waals surface area contributed by atoms with Gasteiger partial charge in [-0.05, 0) is 60.0 Å². The summed E-state index contributed by atoms with van der Waals surface area (Å²) < 4.78 is 31.6. The van der Waals surface area contributed by atoms with Gasteiger partial charge < -0.3 is 16.2 Å². The van der Waals surface area contributed by atoms with E-state index >= 15 is 0 Å². The fraction of sp³-hybridized carbons (Fsp3) is 0.130. The number of sulfonamides is 1. The van der Waals surface area contributed by atoms with E-state index in [1.807, 2.05) is 49.4 Å². The predicted molar refractivity (Wildman–Crippen MR) is 129 cm³/mol. The Hall–Kier alpha value is -3.85. The minimum atomic E-state index is -3.37. The van der Waals surface area contributed by atoms with Crippen molar-refractivity contribution in [1.82, 2.24) is 9.97 Å². The second-order valence-corrected chi connectivity index (χ2v) is 9.05.